The molecule has 0 saturated carbocycles. The number of hydrogen-bond acceptors (Lipinski definition) is 3. The summed E-state index contributed by atoms with van der Waals surface area (Å²) < 4.78 is 4.76. The van der Waals surface area contributed by atoms with Gasteiger partial charge >= 0.3 is 5.97 Å². The van der Waals surface area contributed by atoms with Crippen LogP contribution in [-0.2, 0) is 9.53 Å². The van der Waals surface area contributed by atoms with Crippen molar-refractivity contribution in [3.05, 3.63) is 0 Å². The number of fused-ring (bicyclic) bond motifs is 2. The first-order valence-electron chi connectivity index (χ1n) is 5.22. The van der Waals surface area contributed by atoms with E-state index in [9.17, 15) is 4.79 Å². The Bertz CT molecular complexity index is 292. The van der Waals surface area contributed by atoms with E-state index in [0.29, 0.717) is 12.6 Å². The van der Waals surface area contributed by atoms with Gasteiger partial charge in [0.1, 0.15) is 0 Å². The van der Waals surface area contributed by atoms with Gasteiger partial charge < -0.3 is 4.74 Å². The van der Waals surface area contributed by atoms with Gasteiger partial charge in [0, 0.05) is 12.0 Å². The summed E-state index contributed by atoms with van der Waals surface area (Å²) in [4.78, 5) is 11.0. The molecular weight excluding hydrogens is 178 g/mol. The fourth-order valence-electron chi connectivity index (χ4n) is 2.29. The van der Waals surface area contributed by atoms with Crippen LogP contribution in [0.3, 0.4) is 0 Å². The van der Waals surface area contributed by atoms with E-state index in [1.807, 2.05) is 0 Å². The Balaban J connectivity index is 1.99. The molecule has 76 valence electrons. The summed E-state index contributed by atoms with van der Waals surface area (Å²) in [7, 11) is 0. The third-order valence-electron chi connectivity index (χ3n) is 3.00. The minimum atomic E-state index is -0.404. The second-order valence-electron chi connectivity index (χ2n) is 3.97. The van der Waals surface area contributed by atoms with Gasteiger partial charge in [0.05, 0.1) is 12.1 Å². The van der Waals surface area contributed by atoms with Crippen LogP contribution in [0.4, 0.5) is 0 Å². The number of esters is 1. The maximum absolute atomic E-state index is 11.0. The second-order valence-corrected chi connectivity index (χ2v) is 3.97. The lowest BCUT2D eigenvalue weighted by atomic mass is 9.89. The van der Waals surface area contributed by atoms with Gasteiger partial charge in [0.2, 0.25) is 0 Å². The molecule has 0 spiro atoms. The molecule has 0 atom stereocenters. The molecule has 3 heteroatoms. The minimum Gasteiger partial charge on any atom is -0.456 e. The summed E-state index contributed by atoms with van der Waals surface area (Å²) in [6, 6.07) is 0.631. The molecule has 2 heterocycles. The molecule has 2 fully saturated rings. The number of hydrogen-bond donors (Lipinski definition) is 1. The van der Waals surface area contributed by atoms with Gasteiger partial charge in [-0.3, -0.25) is 5.32 Å². The number of rotatable bonds is 1. The monoisotopic (exact) mass is 193 g/mol. The summed E-state index contributed by atoms with van der Waals surface area (Å²) in [6.45, 7) is 2.19. The van der Waals surface area contributed by atoms with Gasteiger partial charge in [-0.2, -0.15) is 0 Å². The number of ether oxygens (including phenoxy) is 1. The molecule has 0 amide bonds. The summed E-state index contributed by atoms with van der Waals surface area (Å²) in [5.41, 5.74) is -0.0720. The Morgan fingerprint density at radius 1 is 1.57 bits per heavy atom. The van der Waals surface area contributed by atoms with Crippen LogP contribution in [0.1, 0.15) is 32.6 Å². The van der Waals surface area contributed by atoms with Crippen molar-refractivity contribution >= 4 is 5.97 Å². The van der Waals surface area contributed by atoms with E-state index in [4.69, 9.17) is 4.74 Å². The van der Waals surface area contributed by atoms with E-state index in [1.54, 1.807) is 6.92 Å². The largest absolute Gasteiger partial charge is 0.456 e. The third kappa shape index (κ3) is 1.76. The lowest BCUT2D eigenvalue weighted by molar-refractivity contribution is -0.136. The highest BCUT2D eigenvalue weighted by atomic mass is 16.5. The number of carbonyl (C=O) groups excluding carboxylic acids is 1. The van der Waals surface area contributed by atoms with Crippen molar-refractivity contribution in [3.8, 4) is 11.8 Å². The predicted octanol–water partition coefficient (Wildman–Crippen LogP) is 0.837. The third-order valence-corrected chi connectivity index (χ3v) is 3.00. The highest BCUT2D eigenvalue weighted by molar-refractivity contribution is 5.88. The summed E-state index contributed by atoms with van der Waals surface area (Å²) in [5, 5.41) is 3.46. The maximum atomic E-state index is 11.0. The molecule has 0 aromatic carbocycles. The number of nitrogens with one attached hydrogen (secondary N) is 1. The van der Waals surface area contributed by atoms with Crippen molar-refractivity contribution in [2.45, 2.75) is 44.2 Å². The fraction of sp³-hybridized carbons (Fsp3) is 0.727. The average Bonchev–Trinajstić information content (AvgIpc) is 2.75. The van der Waals surface area contributed by atoms with Crippen LogP contribution in [0.5, 0.6) is 0 Å². The zero-order valence-corrected chi connectivity index (χ0v) is 8.43. The molecule has 2 rings (SSSR count). The van der Waals surface area contributed by atoms with Crippen LogP contribution < -0.4 is 5.32 Å². The summed E-state index contributed by atoms with van der Waals surface area (Å²) in [5.74, 6) is 5.20. The molecule has 1 N–H and O–H groups in total. The molecule has 0 radical (unpaired) electrons. The van der Waals surface area contributed by atoms with Crippen LogP contribution in [0.2, 0.25) is 0 Å². The van der Waals surface area contributed by atoms with Crippen molar-refractivity contribution in [2.75, 3.05) is 6.61 Å². The molecule has 14 heavy (non-hydrogen) atoms. The standard InChI is InChI=1S/C11H15NO2/c1-2-14-10(13)5-8-11-6-3-9(12-11)4-7-11/h9,12H,2-4,6-7H2,1H3. The lowest BCUT2D eigenvalue weighted by Gasteiger charge is -2.17. The van der Waals surface area contributed by atoms with Crippen molar-refractivity contribution < 1.29 is 9.53 Å². The van der Waals surface area contributed by atoms with Gasteiger partial charge in [0.15, 0.2) is 0 Å². The smallest absolute Gasteiger partial charge is 0.384 e. The fourth-order valence-corrected chi connectivity index (χ4v) is 2.29. The van der Waals surface area contributed by atoms with Crippen LogP contribution >= 0.6 is 0 Å². The van der Waals surface area contributed by atoms with Gasteiger partial charge in [-0.15, -0.1) is 0 Å². The zero-order valence-electron chi connectivity index (χ0n) is 8.43. The van der Waals surface area contributed by atoms with E-state index in [2.05, 4.69) is 17.2 Å². The summed E-state index contributed by atoms with van der Waals surface area (Å²) in [6.07, 6.45) is 4.53. The van der Waals surface area contributed by atoms with Crippen LogP contribution in [0, 0.1) is 11.8 Å². The van der Waals surface area contributed by atoms with E-state index in [-0.39, 0.29) is 5.54 Å². The molecule has 2 aliphatic rings. The van der Waals surface area contributed by atoms with Crippen molar-refractivity contribution in [3.63, 3.8) is 0 Å². The van der Waals surface area contributed by atoms with Crippen molar-refractivity contribution in [2.24, 2.45) is 0 Å². The van der Waals surface area contributed by atoms with Crippen LogP contribution in [-0.4, -0.2) is 24.2 Å². The molecular formula is C11H15NO2. The topological polar surface area (TPSA) is 38.3 Å². The highest BCUT2D eigenvalue weighted by Gasteiger charge is 2.43. The lowest BCUT2D eigenvalue weighted by Crippen LogP contribution is -2.34. The molecule has 2 aliphatic heterocycles. The first-order valence-corrected chi connectivity index (χ1v) is 5.22. The molecule has 2 bridgehead atoms. The Kier molecular flexibility index (Phi) is 2.47. The normalized spacial score (nSPS) is 33.6. The van der Waals surface area contributed by atoms with E-state index in [0.717, 1.165) is 12.8 Å². The minimum absolute atomic E-state index is 0.0720. The Labute approximate surface area is 84.2 Å². The SMILES string of the molecule is CCOC(=O)C#CC12CCC(CC1)N2. The van der Waals surface area contributed by atoms with Gasteiger partial charge in [0.25, 0.3) is 0 Å². The Morgan fingerprint density at radius 3 is 2.79 bits per heavy atom. The highest BCUT2D eigenvalue weighted by Crippen LogP contribution is 2.36. The van der Waals surface area contributed by atoms with E-state index >= 15 is 0 Å². The molecule has 0 unspecified atom stereocenters. The van der Waals surface area contributed by atoms with Gasteiger partial charge in [-0.05, 0) is 32.6 Å². The first kappa shape index (κ1) is 9.54. The maximum Gasteiger partial charge on any atom is 0.384 e. The van der Waals surface area contributed by atoms with Crippen molar-refractivity contribution in [1.82, 2.24) is 5.32 Å². The average molecular weight is 193 g/mol. The second kappa shape index (κ2) is 3.62. The molecule has 0 aromatic heterocycles. The predicted molar refractivity (Wildman–Crippen MR) is 52.5 cm³/mol. The van der Waals surface area contributed by atoms with Crippen LogP contribution in [0.25, 0.3) is 0 Å². The van der Waals surface area contributed by atoms with Crippen molar-refractivity contribution in [1.29, 1.82) is 0 Å². The van der Waals surface area contributed by atoms with E-state index < -0.39 is 5.97 Å². The Morgan fingerprint density at radius 2 is 2.29 bits per heavy atom. The van der Waals surface area contributed by atoms with E-state index in [1.165, 1.54) is 12.8 Å². The zero-order chi connectivity index (χ0) is 10.0. The first-order chi connectivity index (χ1) is 6.74. The molecule has 0 aliphatic carbocycles. The molecule has 0 aromatic rings. The van der Waals surface area contributed by atoms with Crippen LogP contribution in [0.15, 0.2) is 0 Å². The summed E-state index contributed by atoms with van der Waals surface area (Å²) >= 11 is 0. The molecule has 2 saturated heterocycles. The van der Waals surface area contributed by atoms with Gasteiger partial charge in [-0.25, -0.2) is 4.79 Å². The van der Waals surface area contributed by atoms with Gasteiger partial charge in [-0.1, -0.05) is 5.92 Å². The molecule has 3 nitrogen and oxygen atoms in total. The number of carbonyl (C=O) groups is 1. The Hall–Kier alpha value is -1.01. The quantitative estimate of drug-likeness (QED) is 0.381.